The predicted octanol–water partition coefficient (Wildman–Crippen LogP) is 2.16. The molecule has 2 aromatic rings. The first-order chi connectivity index (χ1) is 9.49. The van der Waals surface area contributed by atoms with Crippen molar-refractivity contribution in [2.45, 2.75) is 13.5 Å². The Labute approximate surface area is 114 Å². The summed E-state index contributed by atoms with van der Waals surface area (Å²) in [5, 5.41) is 14.7. The van der Waals surface area contributed by atoms with Gasteiger partial charge < -0.3 is 9.42 Å². The third-order valence-electron chi connectivity index (χ3n) is 2.75. The fraction of sp³-hybridized carbons (Fsp3) is 0.231. The van der Waals surface area contributed by atoms with Crippen LogP contribution >= 0.6 is 0 Å². The van der Waals surface area contributed by atoms with Gasteiger partial charge in [-0.2, -0.15) is 0 Å². The molecule has 0 atom stereocenters. The van der Waals surface area contributed by atoms with Crippen LogP contribution in [0.1, 0.15) is 21.8 Å². The lowest BCUT2D eigenvalue weighted by Crippen LogP contribution is -2.27. The van der Waals surface area contributed by atoms with Gasteiger partial charge in [0.15, 0.2) is 0 Å². The Hall–Kier alpha value is -2.70. The van der Waals surface area contributed by atoms with Gasteiger partial charge in [0, 0.05) is 19.2 Å². The summed E-state index contributed by atoms with van der Waals surface area (Å²) < 4.78 is 4.92. The van der Waals surface area contributed by atoms with Crippen LogP contribution in [-0.2, 0) is 6.54 Å². The number of aromatic nitrogens is 1. The first kappa shape index (κ1) is 13.7. The van der Waals surface area contributed by atoms with E-state index in [0.717, 1.165) is 0 Å². The molecule has 7 nitrogen and oxygen atoms in total. The van der Waals surface area contributed by atoms with Crippen molar-refractivity contribution in [1.82, 2.24) is 10.1 Å². The van der Waals surface area contributed by atoms with Gasteiger partial charge >= 0.3 is 0 Å². The van der Waals surface area contributed by atoms with E-state index in [0.29, 0.717) is 11.5 Å². The number of hydrogen-bond acceptors (Lipinski definition) is 5. The van der Waals surface area contributed by atoms with E-state index in [1.165, 1.54) is 23.1 Å². The van der Waals surface area contributed by atoms with Crippen LogP contribution in [-0.4, -0.2) is 27.9 Å². The Morgan fingerprint density at radius 2 is 2.15 bits per heavy atom. The Balaban J connectivity index is 2.20. The minimum absolute atomic E-state index is 0.0558. The van der Waals surface area contributed by atoms with Crippen molar-refractivity contribution in [3.63, 3.8) is 0 Å². The summed E-state index contributed by atoms with van der Waals surface area (Å²) in [6.07, 6.45) is 0. The fourth-order valence-corrected chi connectivity index (χ4v) is 1.83. The maximum absolute atomic E-state index is 12.2. The van der Waals surface area contributed by atoms with Gasteiger partial charge in [-0.05, 0) is 13.0 Å². The number of rotatable bonds is 4. The fourth-order valence-electron chi connectivity index (χ4n) is 1.83. The molecule has 104 valence electrons. The van der Waals surface area contributed by atoms with Crippen molar-refractivity contribution >= 4 is 11.6 Å². The largest absolute Gasteiger partial charge is 0.361 e. The van der Waals surface area contributed by atoms with Crippen LogP contribution in [0.4, 0.5) is 5.69 Å². The zero-order valence-corrected chi connectivity index (χ0v) is 11.1. The van der Waals surface area contributed by atoms with Crippen molar-refractivity contribution in [2.24, 2.45) is 0 Å². The highest BCUT2D eigenvalue weighted by atomic mass is 16.6. The Bertz CT molecular complexity index is 651. The number of benzene rings is 1. The van der Waals surface area contributed by atoms with Crippen LogP contribution in [0.25, 0.3) is 0 Å². The number of nitrogens with zero attached hydrogens (tertiary/aromatic N) is 3. The summed E-state index contributed by atoms with van der Waals surface area (Å²) in [5.41, 5.74) is 0.442. The lowest BCUT2D eigenvalue weighted by atomic mass is 10.1. The topological polar surface area (TPSA) is 89.5 Å². The van der Waals surface area contributed by atoms with Crippen molar-refractivity contribution in [2.75, 3.05) is 7.05 Å². The Morgan fingerprint density at radius 3 is 2.75 bits per heavy atom. The van der Waals surface area contributed by atoms with E-state index in [9.17, 15) is 14.9 Å². The Morgan fingerprint density at radius 1 is 1.45 bits per heavy atom. The SMILES string of the molecule is Cc1cc(CN(C)C(=O)c2ccccc2[N+](=O)[O-])no1. The zero-order chi connectivity index (χ0) is 14.7. The second-order valence-corrected chi connectivity index (χ2v) is 4.36. The molecule has 0 N–H and O–H groups in total. The summed E-state index contributed by atoms with van der Waals surface area (Å²) in [5.74, 6) is 0.212. The molecule has 7 heteroatoms. The van der Waals surface area contributed by atoms with Crippen molar-refractivity contribution < 1.29 is 14.2 Å². The molecule has 0 fully saturated rings. The number of carbonyl (C=O) groups excluding carboxylic acids is 1. The van der Waals surface area contributed by atoms with Crippen LogP contribution < -0.4 is 0 Å². The minimum Gasteiger partial charge on any atom is -0.361 e. The van der Waals surface area contributed by atoms with Gasteiger partial charge in [0.1, 0.15) is 17.0 Å². The lowest BCUT2D eigenvalue weighted by Gasteiger charge is -2.15. The van der Waals surface area contributed by atoms with Crippen LogP contribution in [0.3, 0.4) is 0 Å². The van der Waals surface area contributed by atoms with Crippen molar-refractivity contribution in [1.29, 1.82) is 0 Å². The number of nitro groups is 1. The molecular formula is C13H13N3O4. The summed E-state index contributed by atoms with van der Waals surface area (Å²) in [6, 6.07) is 7.57. The normalized spacial score (nSPS) is 10.3. The molecule has 0 radical (unpaired) electrons. The zero-order valence-electron chi connectivity index (χ0n) is 11.1. The molecular weight excluding hydrogens is 262 g/mol. The average molecular weight is 275 g/mol. The summed E-state index contributed by atoms with van der Waals surface area (Å²) in [6.45, 7) is 1.97. The maximum Gasteiger partial charge on any atom is 0.282 e. The quantitative estimate of drug-likeness (QED) is 0.630. The van der Waals surface area contributed by atoms with Crippen LogP contribution in [0.5, 0.6) is 0 Å². The van der Waals surface area contributed by atoms with Gasteiger partial charge in [-0.1, -0.05) is 17.3 Å². The molecule has 0 bridgehead atoms. The molecule has 20 heavy (non-hydrogen) atoms. The highest BCUT2D eigenvalue weighted by Crippen LogP contribution is 2.19. The molecule has 1 aromatic heterocycles. The lowest BCUT2D eigenvalue weighted by molar-refractivity contribution is -0.385. The molecule has 1 heterocycles. The van der Waals surface area contributed by atoms with Gasteiger partial charge in [0.25, 0.3) is 11.6 Å². The smallest absolute Gasteiger partial charge is 0.282 e. The first-order valence-electron chi connectivity index (χ1n) is 5.90. The predicted molar refractivity (Wildman–Crippen MR) is 70.1 cm³/mol. The van der Waals surface area contributed by atoms with Gasteiger partial charge in [-0.25, -0.2) is 0 Å². The van der Waals surface area contributed by atoms with Gasteiger partial charge in [-0.15, -0.1) is 0 Å². The van der Waals surface area contributed by atoms with Crippen LogP contribution in [0.15, 0.2) is 34.9 Å². The second-order valence-electron chi connectivity index (χ2n) is 4.36. The molecule has 0 saturated heterocycles. The van der Waals surface area contributed by atoms with Gasteiger partial charge in [0.05, 0.1) is 11.5 Å². The van der Waals surface area contributed by atoms with Gasteiger partial charge in [-0.3, -0.25) is 14.9 Å². The molecule has 0 spiro atoms. The summed E-state index contributed by atoms with van der Waals surface area (Å²) in [7, 11) is 1.56. The average Bonchev–Trinajstić information content (AvgIpc) is 2.83. The minimum atomic E-state index is -0.568. The third kappa shape index (κ3) is 2.82. The Kier molecular flexibility index (Phi) is 3.79. The first-order valence-corrected chi connectivity index (χ1v) is 5.90. The maximum atomic E-state index is 12.2. The highest BCUT2D eigenvalue weighted by molar-refractivity contribution is 5.97. The van der Waals surface area contributed by atoms with E-state index >= 15 is 0 Å². The molecule has 2 rings (SSSR count). The molecule has 0 aliphatic rings. The molecule has 0 saturated carbocycles. The number of hydrogen-bond donors (Lipinski definition) is 0. The van der Waals surface area contributed by atoms with E-state index in [2.05, 4.69) is 5.16 Å². The molecule has 0 unspecified atom stereocenters. The summed E-state index contributed by atoms with van der Waals surface area (Å²) in [4.78, 5) is 24.0. The summed E-state index contributed by atoms with van der Waals surface area (Å²) >= 11 is 0. The molecule has 0 aliphatic heterocycles. The number of carbonyl (C=O) groups is 1. The van der Waals surface area contributed by atoms with E-state index in [1.54, 1.807) is 26.1 Å². The molecule has 1 amide bonds. The number of nitro benzene ring substituents is 1. The third-order valence-corrected chi connectivity index (χ3v) is 2.75. The molecule has 0 aliphatic carbocycles. The molecule has 1 aromatic carbocycles. The second kappa shape index (κ2) is 5.52. The number of para-hydroxylation sites is 1. The number of aryl methyl sites for hydroxylation is 1. The van der Waals surface area contributed by atoms with E-state index in [4.69, 9.17) is 4.52 Å². The van der Waals surface area contributed by atoms with E-state index in [-0.39, 0.29) is 17.8 Å². The van der Waals surface area contributed by atoms with Gasteiger partial charge in [0.2, 0.25) is 0 Å². The standard InChI is InChI=1S/C13H13N3O4/c1-9-7-10(14-20-9)8-15(2)13(17)11-5-3-4-6-12(11)16(18)19/h3-7H,8H2,1-2H3. The van der Waals surface area contributed by atoms with E-state index in [1.807, 2.05) is 0 Å². The monoisotopic (exact) mass is 275 g/mol. The van der Waals surface area contributed by atoms with Crippen molar-refractivity contribution in [3.8, 4) is 0 Å². The highest BCUT2D eigenvalue weighted by Gasteiger charge is 2.22. The van der Waals surface area contributed by atoms with E-state index < -0.39 is 10.8 Å². The van der Waals surface area contributed by atoms with Crippen LogP contribution in [0, 0.1) is 17.0 Å². The van der Waals surface area contributed by atoms with Crippen LogP contribution in [0.2, 0.25) is 0 Å². The number of amides is 1. The van der Waals surface area contributed by atoms with Crippen molar-refractivity contribution in [3.05, 3.63) is 57.5 Å².